The minimum atomic E-state index is -1.01. The second-order valence-electron chi connectivity index (χ2n) is 8.33. The third-order valence-electron chi connectivity index (χ3n) is 4.71. The zero-order chi connectivity index (χ0) is 23.5. The van der Waals surface area contributed by atoms with E-state index in [0.717, 1.165) is 5.39 Å². The molecule has 8 heteroatoms. The summed E-state index contributed by atoms with van der Waals surface area (Å²) >= 11 is 0. The quantitative estimate of drug-likeness (QED) is 0.589. The Labute approximate surface area is 185 Å². The Morgan fingerprint density at radius 1 is 1.09 bits per heavy atom. The van der Waals surface area contributed by atoms with Crippen molar-refractivity contribution < 1.29 is 29.0 Å². The number of carbonyl (C=O) groups excluding carboxylic acids is 3. The van der Waals surface area contributed by atoms with Crippen LogP contribution >= 0.6 is 0 Å². The average molecular weight is 438 g/mol. The number of aromatic hydroxyl groups is 1. The third-order valence-corrected chi connectivity index (χ3v) is 4.71. The van der Waals surface area contributed by atoms with E-state index in [0.29, 0.717) is 11.1 Å². The summed E-state index contributed by atoms with van der Waals surface area (Å²) in [6, 6.07) is 12.0. The summed E-state index contributed by atoms with van der Waals surface area (Å²) in [4.78, 5) is 37.8. The molecule has 0 spiro atoms. The van der Waals surface area contributed by atoms with Gasteiger partial charge < -0.3 is 19.9 Å². The minimum Gasteiger partial charge on any atom is -0.508 e. The zero-order valence-corrected chi connectivity index (χ0v) is 18.4. The smallest absolute Gasteiger partial charge is 0.419 e. The number of methoxy groups -OCH3 is 1. The predicted octanol–water partition coefficient (Wildman–Crippen LogP) is 3.64. The molecule has 1 amide bonds. The number of hydrogen-bond donors (Lipinski definition) is 2. The van der Waals surface area contributed by atoms with Crippen LogP contribution in [0.1, 0.15) is 36.7 Å². The van der Waals surface area contributed by atoms with Crippen LogP contribution in [0.15, 0.2) is 54.7 Å². The van der Waals surface area contributed by atoms with Crippen molar-refractivity contribution in [3.8, 4) is 5.75 Å². The second kappa shape index (κ2) is 9.13. The van der Waals surface area contributed by atoms with Gasteiger partial charge in [-0.3, -0.25) is 9.36 Å². The lowest BCUT2D eigenvalue weighted by atomic mass is 10.0. The van der Waals surface area contributed by atoms with Crippen molar-refractivity contribution in [3.05, 3.63) is 65.9 Å². The molecule has 32 heavy (non-hydrogen) atoms. The van der Waals surface area contributed by atoms with Gasteiger partial charge in [-0.05, 0) is 50.6 Å². The normalized spacial score (nSPS) is 12.2. The Hall–Kier alpha value is -3.81. The van der Waals surface area contributed by atoms with Gasteiger partial charge in [-0.1, -0.05) is 24.3 Å². The van der Waals surface area contributed by atoms with E-state index in [1.165, 1.54) is 35.9 Å². The van der Waals surface area contributed by atoms with E-state index >= 15 is 0 Å². The van der Waals surface area contributed by atoms with Crippen molar-refractivity contribution in [3.63, 3.8) is 0 Å². The van der Waals surface area contributed by atoms with Crippen LogP contribution in [0.2, 0.25) is 0 Å². The molecule has 0 aliphatic carbocycles. The maximum Gasteiger partial charge on any atom is 0.419 e. The predicted molar refractivity (Wildman–Crippen MR) is 119 cm³/mol. The van der Waals surface area contributed by atoms with Gasteiger partial charge in [0.05, 0.1) is 12.6 Å². The molecule has 0 aliphatic heterocycles. The van der Waals surface area contributed by atoms with Gasteiger partial charge in [0.2, 0.25) is 0 Å². The van der Waals surface area contributed by atoms with Crippen LogP contribution in [0.5, 0.6) is 5.75 Å². The van der Waals surface area contributed by atoms with Crippen LogP contribution in [-0.2, 0) is 20.7 Å². The summed E-state index contributed by atoms with van der Waals surface area (Å²) in [6.45, 7) is 5.34. The first-order valence-corrected chi connectivity index (χ1v) is 10.1. The molecule has 0 radical (unpaired) electrons. The lowest BCUT2D eigenvalue weighted by Crippen LogP contribution is -2.43. The van der Waals surface area contributed by atoms with E-state index in [2.05, 4.69) is 5.32 Å². The number of nitrogens with zero attached hydrogens (tertiary/aromatic N) is 1. The second-order valence-corrected chi connectivity index (χ2v) is 8.33. The van der Waals surface area contributed by atoms with Crippen molar-refractivity contribution in [1.29, 1.82) is 0 Å². The molecule has 1 aromatic heterocycles. The summed E-state index contributed by atoms with van der Waals surface area (Å²) < 4.78 is 11.8. The molecule has 1 atom stereocenters. The standard InChI is InChI=1S/C24H26N2O6/c1-24(2,3)32-23(30)26-14-16(18-10-5-6-11-20(18)26)13-19(22(29)31-4)25-21(28)15-8-7-9-17(27)12-15/h5-12,14,19,27H,13H2,1-4H3,(H,25,28)/t19-/m1/s1. The van der Waals surface area contributed by atoms with Gasteiger partial charge in [-0.2, -0.15) is 0 Å². The number of fused-ring (bicyclic) bond motifs is 1. The Kier molecular flexibility index (Phi) is 6.53. The molecule has 1 heterocycles. The summed E-state index contributed by atoms with van der Waals surface area (Å²) in [6.07, 6.45) is 1.15. The zero-order valence-electron chi connectivity index (χ0n) is 18.4. The van der Waals surface area contributed by atoms with Crippen LogP contribution in [-0.4, -0.2) is 46.4 Å². The van der Waals surface area contributed by atoms with Gasteiger partial charge in [-0.25, -0.2) is 9.59 Å². The fraction of sp³-hybridized carbons (Fsp3) is 0.292. The number of rotatable bonds is 5. The molecule has 0 aliphatic rings. The summed E-state index contributed by atoms with van der Waals surface area (Å²) in [5.74, 6) is -1.23. The SMILES string of the molecule is COC(=O)[C@@H](Cc1cn(C(=O)OC(C)(C)C)c2ccccc12)NC(=O)c1cccc(O)c1. The topological polar surface area (TPSA) is 107 Å². The molecule has 2 N–H and O–H groups in total. The molecule has 0 fully saturated rings. The number of phenols is 1. The number of benzene rings is 2. The number of nitrogens with one attached hydrogen (secondary N) is 1. The molecule has 0 saturated heterocycles. The lowest BCUT2D eigenvalue weighted by Gasteiger charge is -2.19. The Morgan fingerprint density at radius 3 is 2.47 bits per heavy atom. The summed E-state index contributed by atoms with van der Waals surface area (Å²) in [5.41, 5.74) is 0.819. The first-order valence-electron chi connectivity index (χ1n) is 10.1. The highest BCUT2D eigenvalue weighted by atomic mass is 16.6. The maximum absolute atomic E-state index is 12.7. The van der Waals surface area contributed by atoms with E-state index < -0.39 is 29.6 Å². The number of amides is 1. The Balaban J connectivity index is 1.93. The minimum absolute atomic E-state index is 0.0623. The van der Waals surface area contributed by atoms with Crippen molar-refractivity contribution >= 4 is 28.9 Å². The molecule has 0 unspecified atom stereocenters. The molecule has 8 nitrogen and oxygen atoms in total. The van der Waals surface area contributed by atoms with Crippen molar-refractivity contribution in [2.45, 2.75) is 38.8 Å². The highest BCUT2D eigenvalue weighted by Crippen LogP contribution is 2.24. The first-order chi connectivity index (χ1) is 15.1. The van der Waals surface area contributed by atoms with Crippen LogP contribution < -0.4 is 5.32 Å². The molecular formula is C24H26N2O6. The number of hydrogen-bond acceptors (Lipinski definition) is 6. The molecule has 0 saturated carbocycles. The lowest BCUT2D eigenvalue weighted by molar-refractivity contribution is -0.142. The molecule has 168 valence electrons. The number of carbonyl (C=O) groups is 3. The fourth-order valence-corrected chi connectivity index (χ4v) is 3.32. The first kappa shape index (κ1) is 22.9. The Bertz CT molecular complexity index is 1160. The largest absolute Gasteiger partial charge is 0.508 e. The van der Waals surface area contributed by atoms with Crippen LogP contribution in [0.25, 0.3) is 10.9 Å². The number of ether oxygens (including phenoxy) is 2. The molecule has 3 aromatic rings. The van der Waals surface area contributed by atoms with E-state index in [9.17, 15) is 19.5 Å². The van der Waals surface area contributed by atoms with E-state index in [1.807, 2.05) is 12.1 Å². The number of esters is 1. The van der Waals surface area contributed by atoms with Crippen LogP contribution in [0.3, 0.4) is 0 Å². The van der Waals surface area contributed by atoms with Crippen molar-refractivity contribution in [1.82, 2.24) is 9.88 Å². The monoisotopic (exact) mass is 438 g/mol. The van der Waals surface area contributed by atoms with Crippen LogP contribution in [0.4, 0.5) is 4.79 Å². The van der Waals surface area contributed by atoms with Crippen molar-refractivity contribution in [2.75, 3.05) is 7.11 Å². The van der Waals surface area contributed by atoms with E-state index in [1.54, 1.807) is 39.1 Å². The average Bonchev–Trinajstić information content (AvgIpc) is 3.10. The highest BCUT2D eigenvalue weighted by Gasteiger charge is 2.26. The highest BCUT2D eigenvalue weighted by molar-refractivity contribution is 5.97. The fourth-order valence-electron chi connectivity index (χ4n) is 3.32. The number of para-hydroxylation sites is 1. The van der Waals surface area contributed by atoms with Gasteiger partial charge >= 0.3 is 12.1 Å². The third kappa shape index (κ3) is 5.26. The van der Waals surface area contributed by atoms with E-state index in [-0.39, 0.29) is 17.7 Å². The van der Waals surface area contributed by atoms with Gasteiger partial charge in [0.25, 0.3) is 5.91 Å². The van der Waals surface area contributed by atoms with Gasteiger partial charge in [0.1, 0.15) is 17.4 Å². The number of aromatic nitrogens is 1. The molecule has 3 rings (SSSR count). The molecule has 2 aromatic carbocycles. The summed E-state index contributed by atoms with van der Waals surface area (Å²) in [7, 11) is 1.24. The van der Waals surface area contributed by atoms with Crippen LogP contribution in [0, 0.1) is 0 Å². The van der Waals surface area contributed by atoms with Gasteiger partial charge in [0.15, 0.2) is 0 Å². The van der Waals surface area contributed by atoms with Gasteiger partial charge in [0, 0.05) is 23.6 Å². The maximum atomic E-state index is 12.7. The van der Waals surface area contributed by atoms with Gasteiger partial charge in [-0.15, -0.1) is 0 Å². The van der Waals surface area contributed by atoms with Crippen molar-refractivity contribution in [2.24, 2.45) is 0 Å². The molecular weight excluding hydrogens is 412 g/mol. The van der Waals surface area contributed by atoms with E-state index in [4.69, 9.17) is 9.47 Å². The number of phenolic OH excluding ortho intramolecular Hbond substituents is 1. The molecule has 0 bridgehead atoms. The summed E-state index contributed by atoms with van der Waals surface area (Å²) in [5, 5.41) is 13.0. The Morgan fingerprint density at radius 2 is 1.81 bits per heavy atom.